The number of ether oxygens (including phenoxy) is 1. The molecule has 0 aliphatic heterocycles. The molecule has 0 saturated carbocycles. The summed E-state index contributed by atoms with van der Waals surface area (Å²) >= 11 is 4.63. The number of phenols is 1. The Balaban J connectivity index is 1.44. The van der Waals surface area contributed by atoms with Gasteiger partial charge in [0.25, 0.3) is 5.91 Å². The number of phenolic OH excluding ortho intramolecular Hbond substituents is 1. The van der Waals surface area contributed by atoms with E-state index in [2.05, 4.69) is 62.2 Å². The summed E-state index contributed by atoms with van der Waals surface area (Å²) in [6.07, 6.45) is 1.49. The van der Waals surface area contributed by atoms with E-state index in [0.717, 1.165) is 16.2 Å². The molecule has 0 saturated heterocycles. The third kappa shape index (κ3) is 5.60. The van der Waals surface area contributed by atoms with Gasteiger partial charge in [0.1, 0.15) is 0 Å². The SMILES string of the molecule is COc1cc(C=NNC(=O)CSc2nc3ccccc3n2Cc2ccc(C)cc2)cc(Br)c1O. The first kappa shape index (κ1) is 23.8. The van der Waals surface area contributed by atoms with Crippen LogP contribution in [-0.4, -0.2) is 39.6 Å². The van der Waals surface area contributed by atoms with Crippen LogP contribution in [0.15, 0.2) is 75.4 Å². The van der Waals surface area contributed by atoms with Crippen molar-refractivity contribution in [3.8, 4) is 11.5 Å². The molecule has 34 heavy (non-hydrogen) atoms. The van der Waals surface area contributed by atoms with Gasteiger partial charge in [-0.05, 0) is 58.2 Å². The van der Waals surface area contributed by atoms with Crippen LogP contribution >= 0.6 is 27.7 Å². The minimum absolute atomic E-state index is 0.00797. The highest BCUT2D eigenvalue weighted by Crippen LogP contribution is 2.34. The number of hydrogen-bond acceptors (Lipinski definition) is 6. The van der Waals surface area contributed by atoms with Crippen molar-refractivity contribution in [3.63, 3.8) is 0 Å². The van der Waals surface area contributed by atoms with Crippen LogP contribution in [0.5, 0.6) is 11.5 Å². The van der Waals surface area contributed by atoms with Crippen molar-refractivity contribution in [1.29, 1.82) is 0 Å². The second-order valence-corrected chi connectivity index (χ2v) is 9.39. The number of aryl methyl sites for hydroxylation is 1. The molecule has 0 atom stereocenters. The van der Waals surface area contributed by atoms with Crippen molar-refractivity contribution in [2.75, 3.05) is 12.9 Å². The molecule has 0 aliphatic rings. The molecule has 0 spiro atoms. The number of rotatable bonds is 8. The van der Waals surface area contributed by atoms with E-state index in [1.54, 1.807) is 12.1 Å². The molecular weight excluding hydrogens is 516 g/mol. The van der Waals surface area contributed by atoms with Crippen LogP contribution < -0.4 is 10.2 Å². The Kier molecular flexibility index (Phi) is 7.54. The van der Waals surface area contributed by atoms with E-state index >= 15 is 0 Å². The van der Waals surface area contributed by atoms with Crippen LogP contribution in [0, 0.1) is 6.92 Å². The maximum atomic E-state index is 12.4. The van der Waals surface area contributed by atoms with Crippen LogP contribution in [0.3, 0.4) is 0 Å². The van der Waals surface area contributed by atoms with Crippen molar-refractivity contribution >= 4 is 50.8 Å². The molecule has 0 aliphatic carbocycles. The van der Waals surface area contributed by atoms with Gasteiger partial charge in [-0.1, -0.05) is 53.7 Å². The number of aromatic nitrogens is 2. The molecule has 3 aromatic carbocycles. The Bertz CT molecular complexity index is 1350. The lowest BCUT2D eigenvalue weighted by Crippen LogP contribution is -2.20. The first-order valence-corrected chi connectivity index (χ1v) is 12.2. The first-order chi connectivity index (χ1) is 16.4. The predicted molar refractivity (Wildman–Crippen MR) is 139 cm³/mol. The van der Waals surface area contributed by atoms with E-state index in [1.165, 1.54) is 36.2 Å². The predicted octanol–water partition coefficient (Wildman–Crippen LogP) is 5.11. The molecule has 0 fully saturated rings. The molecule has 7 nitrogen and oxygen atoms in total. The number of nitrogens with one attached hydrogen (secondary N) is 1. The Morgan fingerprint density at radius 3 is 2.76 bits per heavy atom. The van der Waals surface area contributed by atoms with Gasteiger partial charge < -0.3 is 14.4 Å². The number of nitrogens with zero attached hydrogens (tertiary/aromatic N) is 3. The number of carbonyl (C=O) groups is 1. The number of amides is 1. The number of para-hydroxylation sites is 2. The number of aromatic hydroxyl groups is 1. The Labute approximate surface area is 210 Å². The summed E-state index contributed by atoms with van der Waals surface area (Å²) in [7, 11) is 1.47. The molecule has 4 rings (SSSR count). The largest absolute Gasteiger partial charge is 0.503 e. The highest BCUT2D eigenvalue weighted by Gasteiger charge is 2.13. The van der Waals surface area contributed by atoms with Crippen LogP contribution in [0.2, 0.25) is 0 Å². The zero-order chi connectivity index (χ0) is 24.1. The highest BCUT2D eigenvalue weighted by atomic mass is 79.9. The van der Waals surface area contributed by atoms with E-state index < -0.39 is 0 Å². The lowest BCUT2D eigenvalue weighted by atomic mass is 10.1. The summed E-state index contributed by atoms with van der Waals surface area (Å²) in [4.78, 5) is 17.1. The molecular formula is C25H23BrN4O3S. The molecule has 4 aromatic rings. The number of thioether (sulfide) groups is 1. The van der Waals surface area contributed by atoms with Gasteiger partial charge in [0.2, 0.25) is 0 Å². The van der Waals surface area contributed by atoms with E-state index in [1.807, 2.05) is 24.3 Å². The molecule has 2 N–H and O–H groups in total. The van der Waals surface area contributed by atoms with Crippen LogP contribution in [-0.2, 0) is 11.3 Å². The van der Waals surface area contributed by atoms with Crippen molar-refractivity contribution in [3.05, 3.63) is 81.8 Å². The van der Waals surface area contributed by atoms with E-state index in [0.29, 0.717) is 22.3 Å². The molecule has 0 bridgehead atoms. The van der Waals surface area contributed by atoms with Gasteiger partial charge in [-0.3, -0.25) is 4.79 Å². The number of halogens is 1. The zero-order valence-corrected chi connectivity index (χ0v) is 21.1. The molecule has 1 heterocycles. The van der Waals surface area contributed by atoms with Crippen LogP contribution in [0.25, 0.3) is 11.0 Å². The van der Waals surface area contributed by atoms with Gasteiger partial charge in [-0.25, -0.2) is 10.4 Å². The maximum absolute atomic E-state index is 12.4. The topological polar surface area (TPSA) is 88.7 Å². The van der Waals surface area contributed by atoms with Gasteiger partial charge in [0.05, 0.1) is 41.1 Å². The first-order valence-electron chi connectivity index (χ1n) is 10.5. The fourth-order valence-corrected chi connectivity index (χ4v) is 4.62. The van der Waals surface area contributed by atoms with Gasteiger partial charge >= 0.3 is 0 Å². The molecule has 1 amide bonds. The number of benzene rings is 3. The maximum Gasteiger partial charge on any atom is 0.250 e. The van der Waals surface area contributed by atoms with E-state index in [-0.39, 0.29) is 17.4 Å². The van der Waals surface area contributed by atoms with Crippen LogP contribution in [0.1, 0.15) is 16.7 Å². The highest BCUT2D eigenvalue weighted by molar-refractivity contribution is 9.10. The summed E-state index contributed by atoms with van der Waals surface area (Å²) in [5.41, 5.74) is 7.49. The Hall–Kier alpha value is -3.30. The summed E-state index contributed by atoms with van der Waals surface area (Å²) in [6, 6.07) is 19.7. The van der Waals surface area contributed by atoms with E-state index in [4.69, 9.17) is 9.72 Å². The van der Waals surface area contributed by atoms with Crippen molar-refractivity contribution in [2.24, 2.45) is 5.10 Å². The van der Waals surface area contributed by atoms with Gasteiger partial charge in [-0.2, -0.15) is 5.10 Å². The van der Waals surface area contributed by atoms with Crippen molar-refractivity contribution in [2.45, 2.75) is 18.6 Å². The van der Waals surface area contributed by atoms with Gasteiger partial charge in [0.15, 0.2) is 16.7 Å². The standard InChI is InChI=1S/C25H23BrN4O3S/c1-16-7-9-17(10-8-16)14-30-21-6-4-3-5-20(21)28-25(30)34-15-23(31)29-27-13-18-11-19(26)24(32)22(12-18)33-2/h3-13,32H,14-15H2,1-2H3,(H,29,31). The molecule has 174 valence electrons. The fraction of sp³-hybridized carbons (Fsp3) is 0.160. The molecule has 9 heteroatoms. The summed E-state index contributed by atoms with van der Waals surface area (Å²) in [6.45, 7) is 2.73. The monoisotopic (exact) mass is 538 g/mol. The van der Waals surface area contributed by atoms with Gasteiger partial charge in [-0.15, -0.1) is 0 Å². The molecule has 0 radical (unpaired) electrons. The summed E-state index contributed by atoms with van der Waals surface area (Å²) < 4.78 is 7.73. The smallest absolute Gasteiger partial charge is 0.250 e. The van der Waals surface area contributed by atoms with Gasteiger partial charge in [0, 0.05) is 0 Å². The second kappa shape index (κ2) is 10.8. The van der Waals surface area contributed by atoms with Crippen molar-refractivity contribution < 1.29 is 14.6 Å². The Morgan fingerprint density at radius 1 is 1.24 bits per heavy atom. The average molecular weight is 539 g/mol. The third-order valence-corrected chi connectivity index (χ3v) is 6.67. The number of methoxy groups -OCH3 is 1. The molecule has 1 aromatic heterocycles. The Morgan fingerprint density at radius 2 is 2.00 bits per heavy atom. The fourth-order valence-electron chi connectivity index (χ4n) is 3.36. The molecule has 0 unspecified atom stereocenters. The third-order valence-electron chi connectivity index (χ3n) is 5.09. The zero-order valence-electron chi connectivity index (χ0n) is 18.7. The quantitative estimate of drug-likeness (QED) is 0.185. The number of hydrogen-bond donors (Lipinski definition) is 2. The minimum Gasteiger partial charge on any atom is -0.503 e. The lowest BCUT2D eigenvalue weighted by Gasteiger charge is -2.09. The number of fused-ring (bicyclic) bond motifs is 1. The van der Waals surface area contributed by atoms with Crippen LogP contribution in [0.4, 0.5) is 0 Å². The summed E-state index contributed by atoms with van der Waals surface area (Å²) in [5, 5.41) is 14.7. The number of hydrazone groups is 1. The average Bonchev–Trinajstić information content (AvgIpc) is 3.18. The summed E-state index contributed by atoms with van der Waals surface area (Å²) in [5.74, 6) is 0.232. The second-order valence-electron chi connectivity index (χ2n) is 7.59. The van der Waals surface area contributed by atoms with Crippen molar-refractivity contribution in [1.82, 2.24) is 15.0 Å². The normalized spacial score (nSPS) is 11.3. The lowest BCUT2D eigenvalue weighted by molar-refractivity contribution is -0.118. The number of imidazole rings is 1. The number of carbonyl (C=O) groups excluding carboxylic acids is 1. The van der Waals surface area contributed by atoms with E-state index in [9.17, 15) is 9.90 Å². The minimum atomic E-state index is -0.250.